The van der Waals surface area contributed by atoms with Gasteiger partial charge >= 0.3 is 5.97 Å². The van der Waals surface area contributed by atoms with Crippen LogP contribution in [0, 0.1) is 0 Å². The molecular formula is C13H15N3O2S. The highest BCUT2D eigenvalue weighted by atomic mass is 32.1. The van der Waals surface area contributed by atoms with Crippen molar-refractivity contribution >= 4 is 17.3 Å². The molecule has 0 bridgehead atoms. The largest absolute Gasteiger partial charge is 0.480 e. The van der Waals surface area contributed by atoms with Crippen molar-refractivity contribution in [2.45, 2.75) is 25.9 Å². The summed E-state index contributed by atoms with van der Waals surface area (Å²) < 4.78 is 0. The Labute approximate surface area is 115 Å². The third-order valence-corrected chi connectivity index (χ3v) is 3.60. The van der Waals surface area contributed by atoms with Crippen LogP contribution in [0.25, 0.3) is 10.7 Å². The van der Waals surface area contributed by atoms with Gasteiger partial charge < -0.3 is 5.11 Å². The molecule has 5 nitrogen and oxygen atoms in total. The second-order valence-electron chi connectivity index (χ2n) is 4.64. The van der Waals surface area contributed by atoms with Crippen LogP contribution in [0.15, 0.2) is 29.8 Å². The molecule has 0 spiro atoms. The highest BCUT2D eigenvalue weighted by Crippen LogP contribution is 2.21. The highest BCUT2D eigenvalue weighted by Gasteiger charge is 2.26. The van der Waals surface area contributed by atoms with Gasteiger partial charge in [-0.2, -0.15) is 0 Å². The number of aromatic nitrogens is 2. The maximum atomic E-state index is 11.0. The molecule has 0 saturated carbocycles. The second kappa shape index (κ2) is 5.46. The van der Waals surface area contributed by atoms with Crippen molar-refractivity contribution in [2.75, 3.05) is 0 Å². The van der Waals surface area contributed by atoms with Crippen molar-refractivity contribution in [3.63, 3.8) is 0 Å². The van der Waals surface area contributed by atoms with Crippen LogP contribution in [-0.2, 0) is 11.3 Å². The van der Waals surface area contributed by atoms with Gasteiger partial charge in [-0.25, -0.2) is 4.98 Å². The molecule has 19 heavy (non-hydrogen) atoms. The molecule has 100 valence electrons. The number of aliphatic carboxylic acids is 1. The minimum atomic E-state index is -0.964. The van der Waals surface area contributed by atoms with Crippen molar-refractivity contribution in [3.8, 4) is 10.7 Å². The smallest absolute Gasteiger partial charge is 0.323 e. The van der Waals surface area contributed by atoms with Gasteiger partial charge in [0.25, 0.3) is 0 Å². The molecule has 2 N–H and O–H groups in total. The van der Waals surface area contributed by atoms with Gasteiger partial charge in [-0.3, -0.25) is 15.1 Å². The van der Waals surface area contributed by atoms with Crippen molar-refractivity contribution in [1.29, 1.82) is 0 Å². The fourth-order valence-corrected chi connectivity index (χ4v) is 2.18. The molecule has 0 radical (unpaired) electrons. The lowest BCUT2D eigenvalue weighted by Crippen LogP contribution is -2.46. The lowest BCUT2D eigenvalue weighted by Gasteiger charge is -2.20. The van der Waals surface area contributed by atoms with E-state index in [9.17, 15) is 4.79 Å². The summed E-state index contributed by atoms with van der Waals surface area (Å²) in [5.74, 6) is -0.882. The van der Waals surface area contributed by atoms with E-state index in [-0.39, 0.29) is 0 Å². The van der Waals surface area contributed by atoms with E-state index in [1.54, 1.807) is 20.0 Å². The summed E-state index contributed by atoms with van der Waals surface area (Å²) in [6.07, 6.45) is 1.72. The molecule has 0 saturated heterocycles. The molecule has 0 amide bonds. The normalized spacial score (nSPS) is 11.5. The van der Waals surface area contributed by atoms with E-state index in [1.165, 1.54) is 11.3 Å². The zero-order valence-electron chi connectivity index (χ0n) is 10.8. The first-order valence-electron chi connectivity index (χ1n) is 5.83. The summed E-state index contributed by atoms with van der Waals surface area (Å²) in [7, 11) is 0. The van der Waals surface area contributed by atoms with E-state index in [4.69, 9.17) is 5.11 Å². The van der Waals surface area contributed by atoms with Crippen LogP contribution in [-0.4, -0.2) is 26.6 Å². The van der Waals surface area contributed by atoms with Gasteiger partial charge in [0.05, 0.1) is 11.4 Å². The minimum Gasteiger partial charge on any atom is -0.480 e. The number of hydrogen-bond donors (Lipinski definition) is 2. The van der Waals surface area contributed by atoms with Gasteiger partial charge in [0, 0.05) is 18.1 Å². The van der Waals surface area contributed by atoms with Crippen LogP contribution in [0.2, 0.25) is 0 Å². The number of carbonyl (C=O) groups is 1. The van der Waals surface area contributed by atoms with Crippen LogP contribution >= 0.6 is 11.3 Å². The molecule has 0 fully saturated rings. The standard InChI is InChI=1S/C13H15N3O2S/c1-13(2,12(17)18)15-7-9-8-19-11(16-9)10-5-3-4-6-14-10/h3-6,8,15H,7H2,1-2H3,(H,17,18). The van der Waals surface area contributed by atoms with Crippen LogP contribution in [0.1, 0.15) is 19.5 Å². The molecule has 0 atom stereocenters. The fraction of sp³-hybridized carbons (Fsp3) is 0.308. The minimum absolute atomic E-state index is 0.419. The predicted molar refractivity (Wildman–Crippen MR) is 73.9 cm³/mol. The fourth-order valence-electron chi connectivity index (χ4n) is 1.38. The Morgan fingerprint density at radius 3 is 2.89 bits per heavy atom. The zero-order chi connectivity index (χ0) is 13.9. The molecule has 0 aliphatic rings. The van der Waals surface area contributed by atoms with Crippen molar-refractivity contribution in [3.05, 3.63) is 35.5 Å². The topological polar surface area (TPSA) is 75.1 Å². The first-order chi connectivity index (χ1) is 8.99. The van der Waals surface area contributed by atoms with Gasteiger partial charge in [-0.15, -0.1) is 11.3 Å². The highest BCUT2D eigenvalue weighted by molar-refractivity contribution is 7.13. The summed E-state index contributed by atoms with van der Waals surface area (Å²) in [5, 5.41) is 14.7. The molecule has 0 unspecified atom stereocenters. The molecule has 0 aliphatic heterocycles. The van der Waals surface area contributed by atoms with Gasteiger partial charge in [0.2, 0.25) is 0 Å². The number of carboxylic acid groups (broad SMARTS) is 1. The van der Waals surface area contributed by atoms with Gasteiger partial charge in [-0.1, -0.05) is 6.07 Å². The predicted octanol–water partition coefficient (Wildman–Crippen LogP) is 2.16. The first kappa shape index (κ1) is 13.6. The molecule has 2 rings (SSSR count). The number of nitrogens with zero attached hydrogens (tertiary/aromatic N) is 2. The van der Waals surface area contributed by atoms with E-state index < -0.39 is 11.5 Å². The molecule has 2 heterocycles. The Kier molecular flexibility index (Phi) is 3.92. The number of thiazole rings is 1. The first-order valence-corrected chi connectivity index (χ1v) is 6.71. The molecule has 0 aliphatic carbocycles. The lowest BCUT2D eigenvalue weighted by atomic mass is 10.1. The van der Waals surface area contributed by atoms with Crippen LogP contribution < -0.4 is 5.32 Å². The van der Waals surface area contributed by atoms with E-state index in [2.05, 4.69) is 15.3 Å². The van der Waals surface area contributed by atoms with Crippen LogP contribution in [0.3, 0.4) is 0 Å². The van der Waals surface area contributed by atoms with Crippen molar-refractivity contribution in [2.24, 2.45) is 0 Å². The van der Waals surface area contributed by atoms with Crippen molar-refractivity contribution < 1.29 is 9.90 Å². The van der Waals surface area contributed by atoms with Gasteiger partial charge in [0.15, 0.2) is 0 Å². The van der Waals surface area contributed by atoms with Gasteiger partial charge in [0.1, 0.15) is 10.5 Å². The van der Waals surface area contributed by atoms with Crippen LogP contribution in [0.5, 0.6) is 0 Å². The molecule has 2 aromatic rings. The average Bonchev–Trinajstić information content (AvgIpc) is 2.86. The van der Waals surface area contributed by atoms with E-state index >= 15 is 0 Å². The lowest BCUT2D eigenvalue weighted by molar-refractivity contribution is -0.143. The summed E-state index contributed by atoms with van der Waals surface area (Å²) in [5.41, 5.74) is 0.686. The molecular weight excluding hydrogens is 262 g/mol. The van der Waals surface area contributed by atoms with E-state index in [0.29, 0.717) is 6.54 Å². The Hall–Kier alpha value is -1.79. The number of rotatable bonds is 5. The third-order valence-electron chi connectivity index (χ3n) is 2.68. The maximum absolute atomic E-state index is 11.0. The van der Waals surface area contributed by atoms with Crippen LogP contribution in [0.4, 0.5) is 0 Å². The SMILES string of the molecule is CC(C)(NCc1csc(-c2ccccn2)n1)C(=O)O. The summed E-state index contributed by atoms with van der Waals surface area (Å²) in [6, 6.07) is 5.67. The Bertz CT molecular complexity index is 566. The second-order valence-corrected chi connectivity index (χ2v) is 5.50. The monoisotopic (exact) mass is 277 g/mol. The van der Waals surface area contributed by atoms with Gasteiger partial charge in [-0.05, 0) is 26.0 Å². The van der Waals surface area contributed by atoms with E-state index in [1.807, 2.05) is 23.6 Å². The Morgan fingerprint density at radius 2 is 2.26 bits per heavy atom. The summed E-state index contributed by atoms with van der Waals surface area (Å²) in [4.78, 5) is 19.7. The molecule has 2 aromatic heterocycles. The third kappa shape index (κ3) is 3.36. The summed E-state index contributed by atoms with van der Waals surface area (Å²) >= 11 is 1.50. The zero-order valence-corrected chi connectivity index (χ0v) is 11.6. The van der Waals surface area contributed by atoms with E-state index in [0.717, 1.165) is 16.4 Å². The van der Waals surface area contributed by atoms with Crippen molar-refractivity contribution in [1.82, 2.24) is 15.3 Å². The average molecular weight is 277 g/mol. The quantitative estimate of drug-likeness (QED) is 0.876. The molecule has 0 aromatic carbocycles. The Morgan fingerprint density at radius 1 is 1.47 bits per heavy atom. The summed E-state index contributed by atoms with van der Waals surface area (Å²) in [6.45, 7) is 3.67. The Balaban J connectivity index is 2.05. The number of nitrogens with one attached hydrogen (secondary N) is 1. The maximum Gasteiger partial charge on any atom is 0.323 e. The molecule has 6 heteroatoms. The number of hydrogen-bond acceptors (Lipinski definition) is 5. The number of carboxylic acids is 1. The number of pyridine rings is 1.